The van der Waals surface area contributed by atoms with Crippen molar-refractivity contribution in [3.8, 4) is 22.8 Å². The molecule has 29 heavy (non-hydrogen) atoms. The van der Waals surface area contributed by atoms with Crippen LogP contribution in [0.2, 0.25) is 0 Å². The minimum Gasteiger partial charge on any atom is -0.379 e. The lowest BCUT2D eigenvalue weighted by atomic mass is 10.1. The number of ether oxygens (including phenoxy) is 1. The monoisotopic (exact) mass is 396 g/mol. The predicted octanol–water partition coefficient (Wildman–Crippen LogP) is 2.60. The number of carbonyl (C=O) groups excluding carboxylic acids is 1. The van der Waals surface area contributed by atoms with Crippen molar-refractivity contribution in [2.75, 3.05) is 39.4 Å². The third-order valence-electron chi connectivity index (χ3n) is 4.72. The predicted molar refractivity (Wildman–Crippen MR) is 105 cm³/mol. The second-order valence-electron chi connectivity index (χ2n) is 6.72. The van der Waals surface area contributed by atoms with Crippen molar-refractivity contribution in [2.24, 2.45) is 0 Å². The molecule has 0 bridgehead atoms. The summed E-state index contributed by atoms with van der Waals surface area (Å²) in [6.07, 6.45) is 0. The molecule has 4 rings (SSSR count). The number of aromatic nitrogens is 2. The molecule has 7 nitrogen and oxygen atoms in total. The summed E-state index contributed by atoms with van der Waals surface area (Å²) < 4.78 is 24.0. The molecule has 3 aromatic rings. The van der Waals surface area contributed by atoms with Crippen LogP contribution in [-0.2, 0) is 4.74 Å². The minimum absolute atomic E-state index is 0.129. The van der Waals surface area contributed by atoms with Crippen LogP contribution in [0.15, 0.2) is 53.1 Å². The van der Waals surface area contributed by atoms with Crippen LogP contribution in [0.25, 0.3) is 22.8 Å². The topological polar surface area (TPSA) is 80.5 Å². The van der Waals surface area contributed by atoms with Crippen molar-refractivity contribution in [1.82, 2.24) is 20.4 Å². The van der Waals surface area contributed by atoms with Crippen LogP contribution >= 0.6 is 0 Å². The second kappa shape index (κ2) is 8.93. The molecule has 0 unspecified atom stereocenters. The maximum absolute atomic E-state index is 13.4. The number of nitrogens with zero attached hydrogens (tertiary/aromatic N) is 3. The van der Waals surface area contributed by atoms with Gasteiger partial charge < -0.3 is 14.6 Å². The molecule has 8 heteroatoms. The van der Waals surface area contributed by atoms with E-state index in [0.717, 1.165) is 32.8 Å². The van der Waals surface area contributed by atoms with Crippen LogP contribution in [0, 0.1) is 5.82 Å². The maximum Gasteiger partial charge on any atom is 0.258 e. The fourth-order valence-corrected chi connectivity index (χ4v) is 3.10. The maximum atomic E-state index is 13.4. The van der Waals surface area contributed by atoms with E-state index < -0.39 is 0 Å². The van der Waals surface area contributed by atoms with E-state index in [-0.39, 0.29) is 11.7 Å². The van der Waals surface area contributed by atoms with Crippen molar-refractivity contribution in [3.05, 3.63) is 59.9 Å². The number of amides is 1. The van der Waals surface area contributed by atoms with Crippen molar-refractivity contribution in [2.45, 2.75) is 0 Å². The summed E-state index contributed by atoms with van der Waals surface area (Å²) in [5.74, 6) is 0.126. The first kappa shape index (κ1) is 19.2. The van der Waals surface area contributed by atoms with E-state index in [0.29, 0.717) is 35.0 Å². The van der Waals surface area contributed by atoms with Crippen molar-refractivity contribution in [1.29, 1.82) is 0 Å². The highest BCUT2D eigenvalue weighted by Crippen LogP contribution is 2.23. The summed E-state index contributed by atoms with van der Waals surface area (Å²) in [5.41, 5.74) is 1.78. The average molecular weight is 396 g/mol. The number of carbonyl (C=O) groups is 1. The molecule has 1 fully saturated rings. The Morgan fingerprint density at radius 2 is 1.90 bits per heavy atom. The SMILES string of the molecule is O=C(NCCN1CCOCC1)c1ccc(-c2nc(-c3cccc(F)c3)no2)cc1. The lowest BCUT2D eigenvalue weighted by Gasteiger charge is -2.26. The first-order valence-electron chi connectivity index (χ1n) is 9.47. The van der Waals surface area contributed by atoms with Gasteiger partial charge in [-0.1, -0.05) is 17.3 Å². The smallest absolute Gasteiger partial charge is 0.258 e. The normalized spacial score (nSPS) is 14.7. The highest BCUT2D eigenvalue weighted by molar-refractivity contribution is 5.94. The van der Waals surface area contributed by atoms with Gasteiger partial charge in [0.25, 0.3) is 11.8 Å². The molecule has 1 aliphatic rings. The second-order valence-corrected chi connectivity index (χ2v) is 6.72. The highest BCUT2D eigenvalue weighted by Gasteiger charge is 2.13. The lowest BCUT2D eigenvalue weighted by molar-refractivity contribution is 0.0383. The quantitative estimate of drug-likeness (QED) is 0.690. The molecule has 0 atom stereocenters. The van der Waals surface area contributed by atoms with Gasteiger partial charge in [-0.25, -0.2) is 4.39 Å². The number of rotatable bonds is 6. The van der Waals surface area contributed by atoms with E-state index in [2.05, 4.69) is 20.4 Å². The van der Waals surface area contributed by atoms with Crippen LogP contribution < -0.4 is 5.32 Å². The molecule has 0 saturated carbocycles. The molecule has 1 saturated heterocycles. The molecule has 1 aromatic heterocycles. The number of nitrogens with one attached hydrogen (secondary N) is 1. The Labute approximate surface area is 167 Å². The molecule has 1 N–H and O–H groups in total. The first-order chi connectivity index (χ1) is 14.2. The zero-order valence-corrected chi connectivity index (χ0v) is 15.8. The van der Waals surface area contributed by atoms with Gasteiger partial charge in [-0.05, 0) is 36.4 Å². The van der Waals surface area contributed by atoms with Crippen LogP contribution in [0.4, 0.5) is 4.39 Å². The Morgan fingerprint density at radius 3 is 2.66 bits per heavy atom. The summed E-state index contributed by atoms with van der Waals surface area (Å²) >= 11 is 0. The molecule has 0 aliphatic carbocycles. The molecule has 0 spiro atoms. The summed E-state index contributed by atoms with van der Waals surface area (Å²) in [7, 11) is 0. The highest BCUT2D eigenvalue weighted by atomic mass is 19.1. The molecule has 1 amide bonds. The number of benzene rings is 2. The summed E-state index contributed by atoms with van der Waals surface area (Å²) in [4.78, 5) is 18.9. The largest absolute Gasteiger partial charge is 0.379 e. The van der Waals surface area contributed by atoms with Gasteiger partial charge in [0.2, 0.25) is 5.82 Å². The van der Waals surface area contributed by atoms with Crippen molar-refractivity contribution < 1.29 is 18.4 Å². The van der Waals surface area contributed by atoms with E-state index in [1.54, 1.807) is 36.4 Å². The van der Waals surface area contributed by atoms with Gasteiger partial charge in [0.1, 0.15) is 5.82 Å². The third-order valence-corrected chi connectivity index (χ3v) is 4.72. The molecule has 2 heterocycles. The fraction of sp³-hybridized carbons (Fsp3) is 0.286. The number of hydrogen-bond acceptors (Lipinski definition) is 6. The fourth-order valence-electron chi connectivity index (χ4n) is 3.10. The van der Waals surface area contributed by atoms with Gasteiger partial charge in [0.15, 0.2) is 0 Å². The molecular formula is C21H21FN4O3. The zero-order chi connectivity index (χ0) is 20.1. The van der Waals surface area contributed by atoms with E-state index in [1.807, 2.05) is 0 Å². The summed E-state index contributed by atoms with van der Waals surface area (Å²) in [6, 6.07) is 12.9. The zero-order valence-electron chi connectivity index (χ0n) is 15.8. The van der Waals surface area contributed by atoms with Gasteiger partial charge in [0.05, 0.1) is 13.2 Å². The lowest BCUT2D eigenvalue weighted by Crippen LogP contribution is -2.41. The Bertz CT molecular complexity index is 968. The van der Waals surface area contributed by atoms with Gasteiger partial charge >= 0.3 is 0 Å². The van der Waals surface area contributed by atoms with Gasteiger partial charge in [-0.2, -0.15) is 4.98 Å². The Morgan fingerprint density at radius 1 is 1.10 bits per heavy atom. The van der Waals surface area contributed by atoms with E-state index in [1.165, 1.54) is 12.1 Å². The number of halogens is 1. The van der Waals surface area contributed by atoms with Crippen LogP contribution in [-0.4, -0.2) is 60.3 Å². The molecule has 2 aromatic carbocycles. The number of morpholine rings is 1. The van der Waals surface area contributed by atoms with Crippen molar-refractivity contribution in [3.63, 3.8) is 0 Å². The van der Waals surface area contributed by atoms with Crippen LogP contribution in [0.3, 0.4) is 0 Å². The van der Waals surface area contributed by atoms with Crippen molar-refractivity contribution >= 4 is 5.91 Å². The molecule has 1 aliphatic heterocycles. The van der Waals surface area contributed by atoms with Crippen LogP contribution in [0.1, 0.15) is 10.4 Å². The minimum atomic E-state index is -0.363. The first-order valence-corrected chi connectivity index (χ1v) is 9.47. The van der Waals surface area contributed by atoms with E-state index >= 15 is 0 Å². The Hall–Kier alpha value is -3.10. The molecule has 150 valence electrons. The Balaban J connectivity index is 1.35. The average Bonchev–Trinajstić information content (AvgIpc) is 3.25. The third kappa shape index (κ3) is 4.85. The summed E-state index contributed by atoms with van der Waals surface area (Å²) in [5, 5.41) is 6.83. The molecular weight excluding hydrogens is 375 g/mol. The van der Waals surface area contributed by atoms with E-state index in [9.17, 15) is 9.18 Å². The van der Waals surface area contributed by atoms with E-state index in [4.69, 9.17) is 9.26 Å². The van der Waals surface area contributed by atoms with Gasteiger partial charge in [-0.3, -0.25) is 9.69 Å². The van der Waals surface area contributed by atoms with Gasteiger partial charge in [0, 0.05) is 42.9 Å². The summed E-state index contributed by atoms with van der Waals surface area (Å²) in [6.45, 7) is 4.66. The van der Waals surface area contributed by atoms with Gasteiger partial charge in [-0.15, -0.1) is 0 Å². The van der Waals surface area contributed by atoms with Crippen LogP contribution in [0.5, 0.6) is 0 Å². The number of hydrogen-bond donors (Lipinski definition) is 1. The Kier molecular flexibility index (Phi) is 5.92. The molecule has 0 radical (unpaired) electrons. The standard InChI is InChI=1S/C21H21FN4O3/c22-18-3-1-2-17(14-18)19-24-21(29-25-19)16-6-4-15(5-7-16)20(27)23-8-9-26-10-12-28-13-11-26/h1-7,14H,8-13H2,(H,23,27).